The van der Waals surface area contributed by atoms with Crippen LogP contribution < -0.4 is 5.32 Å². The van der Waals surface area contributed by atoms with Gasteiger partial charge in [-0.05, 0) is 6.07 Å². The standard InChI is InChI=1S/C11H9N3O4S/c15-8-3-12-2-1-6(8)10(16)13-4-9-14-7(5-19-9)11(17)18/h1-3,5,15H,4H2,(H,13,16)(H,17,18). The maximum Gasteiger partial charge on any atom is 0.355 e. The van der Waals surface area contributed by atoms with Crippen molar-refractivity contribution in [3.63, 3.8) is 0 Å². The van der Waals surface area contributed by atoms with Gasteiger partial charge in [-0.3, -0.25) is 9.78 Å². The van der Waals surface area contributed by atoms with Gasteiger partial charge in [-0.1, -0.05) is 0 Å². The summed E-state index contributed by atoms with van der Waals surface area (Å²) in [4.78, 5) is 29.9. The smallest absolute Gasteiger partial charge is 0.355 e. The molecule has 0 aromatic carbocycles. The third-order valence-electron chi connectivity index (χ3n) is 2.22. The van der Waals surface area contributed by atoms with Gasteiger partial charge in [0, 0.05) is 11.6 Å². The van der Waals surface area contributed by atoms with Crippen LogP contribution >= 0.6 is 11.3 Å². The van der Waals surface area contributed by atoms with Crippen LogP contribution in [-0.4, -0.2) is 32.1 Å². The first-order valence-electron chi connectivity index (χ1n) is 5.17. The first-order valence-corrected chi connectivity index (χ1v) is 6.05. The Labute approximate surface area is 111 Å². The summed E-state index contributed by atoms with van der Waals surface area (Å²) in [7, 11) is 0. The van der Waals surface area contributed by atoms with E-state index in [2.05, 4.69) is 15.3 Å². The Morgan fingerprint density at radius 2 is 2.21 bits per heavy atom. The highest BCUT2D eigenvalue weighted by Gasteiger charge is 2.12. The van der Waals surface area contributed by atoms with Gasteiger partial charge in [0.05, 0.1) is 18.3 Å². The lowest BCUT2D eigenvalue weighted by molar-refractivity contribution is 0.0691. The van der Waals surface area contributed by atoms with E-state index < -0.39 is 11.9 Å². The molecule has 0 radical (unpaired) electrons. The fourth-order valence-electron chi connectivity index (χ4n) is 1.32. The van der Waals surface area contributed by atoms with Crippen molar-refractivity contribution in [2.45, 2.75) is 6.54 Å². The molecule has 0 saturated carbocycles. The van der Waals surface area contributed by atoms with Gasteiger partial charge in [0.15, 0.2) is 5.69 Å². The molecule has 8 heteroatoms. The maximum atomic E-state index is 11.7. The van der Waals surface area contributed by atoms with Crippen molar-refractivity contribution in [1.29, 1.82) is 0 Å². The fourth-order valence-corrected chi connectivity index (χ4v) is 2.03. The summed E-state index contributed by atoms with van der Waals surface area (Å²) in [5.74, 6) is -1.81. The van der Waals surface area contributed by atoms with Gasteiger partial charge in [0.1, 0.15) is 10.8 Å². The number of rotatable bonds is 4. The molecule has 19 heavy (non-hydrogen) atoms. The molecule has 0 aliphatic rings. The zero-order valence-electron chi connectivity index (χ0n) is 9.53. The molecule has 0 bridgehead atoms. The van der Waals surface area contributed by atoms with E-state index in [0.29, 0.717) is 5.01 Å². The minimum atomic E-state index is -1.11. The van der Waals surface area contributed by atoms with Gasteiger partial charge in [0.25, 0.3) is 5.91 Å². The number of carbonyl (C=O) groups excluding carboxylic acids is 1. The van der Waals surface area contributed by atoms with Crippen molar-refractivity contribution in [3.8, 4) is 5.75 Å². The third-order valence-corrected chi connectivity index (χ3v) is 3.06. The molecule has 98 valence electrons. The van der Waals surface area contributed by atoms with Gasteiger partial charge in [-0.25, -0.2) is 9.78 Å². The number of aromatic carboxylic acids is 1. The summed E-state index contributed by atoms with van der Waals surface area (Å²) in [5, 5.41) is 22.6. The number of hydrogen-bond donors (Lipinski definition) is 3. The number of aromatic hydroxyl groups is 1. The predicted molar refractivity (Wildman–Crippen MR) is 66.1 cm³/mol. The zero-order valence-corrected chi connectivity index (χ0v) is 10.3. The second kappa shape index (κ2) is 5.44. The third kappa shape index (κ3) is 3.05. The van der Waals surface area contributed by atoms with Crippen molar-refractivity contribution in [2.24, 2.45) is 0 Å². The number of carboxylic acids is 1. The number of amides is 1. The van der Waals surface area contributed by atoms with Crippen LogP contribution in [0.2, 0.25) is 0 Å². The minimum Gasteiger partial charge on any atom is -0.505 e. The largest absolute Gasteiger partial charge is 0.505 e. The van der Waals surface area contributed by atoms with Crippen LogP contribution in [0.25, 0.3) is 0 Å². The highest BCUT2D eigenvalue weighted by molar-refractivity contribution is 7.09. The summed E-state index contributed by atoms with van der Waals surface area (Å²) in [6, 6.07) is 1.38. The zero-order chi connectivity index (χ0) is 13.8. The van der Waals surface area contributed by atoms with Crippen molar-refractivity contribution < 1.29 is 19.8 Å². The first kappa shape index (κ1) is 13.0. The van der Waals surface area contributed by atoms with Crippen LogP contribution in [0.3, 0.4) is 0 Å². The molecule has 0 atom stereocenters. The van der Waals surface area contributed by atoms with E-state index in [-0.39, 0.29) is 23.6 Å². The van der Waals surface area contributed by atoms with Gasteiger partial charge >= 0.3 is 5.97 Å². The number of carbonyl (C=O) groups is 2. The topological polar surface area (TPSA) is 112 Å². The van der Waals surface area contributed by atoms with Crippen LogP contribution in [0, 0.1) is 0 Å². The molecule has 0 unspecified atom stereocenters. The summed E-state index contributed by atoms with van der Waals surface area (Å²) in [6.45, 7) is 0.0958. The molecular weight excluding hydrogens is 270 g/mol. The van der Waals surface area contributed by atoms with Crippen LogP contribution in [0.15, 0.2) is 23.8 Å². The van der Waals surface area contributed by atoms with E-state index in [1.165, 1.54) is 23.8 Å². The number of nitrogens with zero attached hydrogens (tertiary/aromatic N) is 2. The molecule has 2 aromatic rings. The lowest BCUT2D eigenvalue weighted by Gasteiger charge is -2.04. The molecule has 2 heterocycles. The Hall–Kier alpha value is -2.48. The Balaban J connectivity index is 2.00. The normalized spacial score (nSPS) is 10.1. The predicted octanol–water partition coefficient (Wildman–Crippen LogP) is 0.872. The highest BCUT2D eigenvalue weighted by atomic mass is 32.1. The van der Waals surface area contributed by atoms with E-state index in [4.69, 9.17) is 5.11 Å². The minimum absolute atomic E-state index is 0.0546. The molecule has 0 aliphatic carbocycles. The first-order chi connectivity index (χ1) is 9.08. The number of pyridine rings is 1. The number of carboxylic acid groups (broad SMARTS) is 1. The Bertz CT molecular complexity index is 626. The van der Waals surface area contributed by atoms with E-state index >= 15 is 0 Å². The summed E-state index contributed by atoms with van der Waals surface area (Å²) >= 11 is 1.14. The number of nitrogens with one attached hydrogen (secondary N) is 1. The van der Waals surface area contributed by atoms with Crippen molar-refractivity contribution in [1.82, 2.24) is 15.3 Å². The van der Waals surface area contributed by atoms with E-state index in [1.807, 2.05) is 0 Å². The van der Waals surface area contributed by atoms with Crippen LogP contribution in [-0.2, 0) is 6.54 Å². The lowest BCUT2D eigenvalue weighted by Crippen LogP contribution is -2.22. The molecule has 2 rings (SSSR count). The van der Waals surface area contributed by atoms with Gasteiger partial charge in [-0.2, -0.15) is 0 Å². The second-order valence-electron chi connectivity index (χ2n) is 3.51. The van der Waals surface area contributed by atoms with Gasteiger partial charge < -0.3 is 15.5 Å². The molecule has 0 spiro atoms. The van der Waals surface area contributed by atoms with Crippen LogP contribution in [0.1, 0.15) is 25.9 Å². The molecule has 0 aliphatic heterocycles. The van der Waals surface area contributed by atoms with E-state index in [0.717, 1.165) is 11.3 Å². The summed E-state index contributed by atoms with van der Waals surface area (Å²) in [6.07, 6.45) is 2.56. The molecule has 1 amide bonds. The average Bonchev–Trinajstić information content (AvgIpc) is 2.85. The SMILES string of the molecule is O=C(O)c1csc(CNC(=O)c2ccncc2O)n1. The Morgan fingerprint density at radius 3 is 2.84 bits per heavy atom. The van der Waals surface area contributed by atoms with Crippen molar-refractivity contribution in [3.05, 3.63) is 40.1 Å². The molecule has 0 saturated heterocycles. The molecule has 0 fully saturated rings. The van der Waals surface area contributed by atoms with Crippen LogP contribution in [0.5, 0.6) is 5.75 Å². The Morgan fingerprint density at radius 1 is 1.42 bits per heavy atom. The molecule has 7 nitrogen and oxygen atoms in total. The average molecular weight is 279 g/mol. The monoisotopic (exact) mass is 279 g/mol. The summed E-state index contributed by atoms with van der Waals surface area (Å²) in [5.41, 5.74) is 0.0472. The molecule has 2 aromatic heterocycles. The summed E-state index contributed by atoms with van der Waals surface area (Å²) < 4.78 is 0. The van der Waals surface area contributed by atoms with Gasteiger partial charge in [0.2, 0.25) is 0 Å². The number of aromatic nitrogens is 2. The van der Waals surface area contributed by atoms with Gasteiger partial charge in [-0.15, -0.1) is 11.3 Å². The Kier molecular flexibility index (Phi) is 3.71. The number of thiazole rings is 1. The van der Waals surface area contributed by atoms with E-state index in [1.54, 1.807) is 0 Å². The number of hydrogen-bond acceptors (Lipinski definition) is 6. The quantitative estimate of drug-likeness (QED) is 0.765. The lowest BCUT2D eigenvalue weighted by atomic mass is 10.2. The van der Waals surface area contributed by atoms with Crippen molar-refractivity contribution >= 4 is 23.2 Å². The fraction of sp³-hybridized carbons (Fsp3) is 0.0909. The highest BCUT2D eigenvalue weighted by Crippen LogP contribution is 2.14. The van der Waals surface area contributed by atoms with E-state index in [9.17, 15) is 14.7 Å². The second-order valence-corrected chi connectivity index (χ2v) is 4.45. The molecule has 3 N–H and O–H groups in total. The van der Waals surface area contributed by atoms with Crippen molar-refractivity contribution in [2.75, 3.05) is 0 Å². The molecular formula is C11H9N3O4S. The maximum absolute atomic E-state index is 11.7. The van der Waals surface area contributed by atoms with Crippen LogP contribution in [0.4, 0.5) is 0 Å².